The van der Waals surface area contributed by atoms with Gasteiger partial charge in [0.15, 0.2) is 0 Å². The van der Waals surface area contributed by atoms with E-state index < -0.39 is 6.10 Å². The molecule has 1 aliphatic heterocycles. The maximum absolute atomic E-state index is 10.7. The van der Waals surface area contributed by atoms with E-state index in [4.69, 9.17) is 4.74 Å². The lowest BCUT2D eigenvalue weighted by molar-refractivity contribution is 0.0889. The largest absolute Gasteiger partial charge is 0.496 e. The molecule has 1 aromatic carbocycles. The number of hydrogen-bond donors (Lipinski definition) is 2. The van der Waals surface area contributed by atoms with Crippen LogP contribution < -0.4 is 10.1 Å². The predicted octanol–water partition coefficient (Wildman–Crippen LogP) is 3.11. The van der Waals surface area contributed by atoms with Crippen molar-refractivity contribution in [3.8, 4) is 5.75 Å². The minimum Gasteiger partial charge on any atom is -0.496 e. The predicted molar refractivity (Wildman–Crippen MR) is 80.7 cm³/mol. The van der Waals surface area contributed by atoms with Gasteiger partial charge in [0, 0.05) is 22.5 Å². The van der Waals surface area contributed by atoms with Crippen LogP contribution in [0.5, 0.6) is 5.75 Å². The van der Waals surface area contributed by atoms with E-state index >= 15 is 0 Å². The van der Waals surface area contributed by atoms with Crippen molar-refractivity contribution in [3.05, 3.63) is 27.2 Å². The molecule has 2 rings (SSSR count). The number of aryl methyl sites for hydroxylation is 1. The van der Waals surface area contributed by atoms with Gasteiger partial charge in [0.05, 0.1) is 13.2 Å². The van der Waals surface area contributed by atoms with Crippen LogP contribution in [-0.4, -0.2) is 25.3 Å². The van der Waals surface area contributed by atoms with Gasteiger partial charge in [0.25, 0.3) is 0 Å². The Kier molecular flexibility index (Phi) is 4.87. The maximum Gasteiger partial charge on any atom is 0.127 e. The molecule has 4 heteroatoms. The Morgan fingerprint density at radius 3 is 2.79 bits per heavy atom. The van der Waals surface area contributed by atoms with Gasteiger partial charge in [0.2, 0.25) is 0 Å². The van der Waals surface area contributed by atoms with Crippen molar-refractivity contribution in [2.75, 3.05) is 20.2 Å². The number of nitrogens with one attached hydrogen (secondary N) is 1. The summed E-state index contributed by atoms with van der Waals surface area (Å²) in [5, 5.41) is 14.1. The molecule has 0 radical (unpaired) electrons. The summed E-state index contributed by atoms with van der Waals surface area (Å²) in [6.45, 7) is 5.96. The second kappa shape index (κ2) is 6.25. The van der Waals surface area contributed by atoms with Gasteiger partial charge in [-0.3, -0.25) is 0 Å². The second-order valence-corrected chi connectivity index (χ2v) is 6.15. The van der Waals surface area contributed by atoms with Crippen molar-refractivity contribution >= 4 is 15.9 Å². The molecule has 2 atom stereocenters. The lowest BCUT2D eigenvalue weighted by Gasteiger charge is -2.30. The molecule has 2 N–H and O–H groups in total. The lowest BCUT2D eigenvalue weighted by atomic mass is 9.86. The zero-order valence-electron chi connectivity index (χ0n) is 11.8. The normalized spacial score (nSPS) is 21.2. The quantitative estimate of drug-likeness (QED) is 0.896. The van der Waals surface area contributed by atoms with E-state index in [0.29, 0.717) is 0 Å². The molecule has 1 aliphatic rings. The first-order chi connectivity index (χ1) is 9.06. The highest BCUT2D eigenvalue weighted by Crippen LogP contribution is 2.40. The average Bonchev–Trinajstić information content (AvgIpc) is 2.42. The zero-order chi connectivity index (χ0) is 14.0. The molecule has 0 bridgehead atoms. The van der Waals surface area contributed by atoms with Gasteiger partial charge >= 0.3 is 0 Å². The number of aliphatic hydroxyl groups excluding tert-OH is 1. The molecule has 0 spiro atoms. The summed E-state index contributed by atoms with van der Waals surface area (Å²) in [5.74, 6) is 1.08. The monoisotopic (exact) mass is 327 g/mol. The Hall–Kier alpha value is -0.580. The van der Waals surface area contributed by atoms with Crippen molar-refractivity contribution in [3.63, 3.8) is 0 Å². The third-order valence-corrected chi connectivity index (χ3v) is 4.81. The third-order valence-electron chi connectivity index (χ3n) is 3.99. The first-order valence-electron chi connectivity index (χ1n) is 6.78. The second-order valence-electron chi connectivity index (χ2n) is 5.30. The van der Waals surface area contributed by atoms with Crippen LogP contribution in [0.2, 0.25) is 0 Å². The highest BCUT2D eigenvalue weighted by molar-refractivity contribution is 9.10. The van der Waals surface area contributed by atoms with Gasteiger partial charge in [0.1, 0.15) is 5.75 Å². The molecule has 1 saturated heterocycles. The fourth-order valence-corrected chi connectivity index (χ4v) is 3.44. The summed E-state index contributed by atoms with van der Waals surface area (Å²) >= 11 is 3.57. The van der Waals surface area contributed by atoms with Crippen molar-refractivity contribution in [2.24, 2.45) is 5.92 Å². The van der Waals surface area contributed by atoms with E-state index in [2.05, 4.69) is 21.2 Å². The van der Waals surface area contributed by atoms with Crippen molar-refractivity contribution in [1.82, 2.24) is 5.32 Å². The summed E-state index contributed by atoms with van der Waals surface area (Å²) in [5.41, 5.74) is 3.06. The van der Waals surface area contributed by atoms with Crippen LogP contribution in [0.15, 0.2) is 10.5 Å². The minimum absolute atomic E-state index is 0.259. The Morgan fingerprint density at radius 2 is 2.21 bits per heavy atom. The van der Waals surface area contributed by atoms with Gasteiger partial charge in [-0.1, -0.05) is 15.9 Å². The van der Waals surface area contributed by atoms with Crippen molar-refractivity contribution in [2.45, 2.75) is 32.8 Å². The molecular formula is C15H22BrNO2. The van der Waals surface area contributed by atoms with Crippen molar-refractivity contribution < 1.29 is 9.84 Å². The number of halogens is 1. The number of methoxy groups -OCH3 is 1. The summed E-state index contributed by atoms with van der Waals surface area (Å²) in [4.78, 5) is 0. The minimum atomic E-state index is -0.473. The Balaban J connectivity index is 2.41. The SMILES string of the molecule is COc1c(C)cc(Br)c(C)c1C(O)C1CCCNC1. The van der Waals surface area contributed by atoms with Gasteiger partial charge in [-0.2, -0.15) is 0 Å². The summed E-state index contributed by atoms with van der Waals surface area (Å²) in [6, 6.07) is 2.05. The van der Waals surface area contributed by atoms with Gasteiger partial charge in [-0.25, -0.2) is 0 Å². The van der Waals surface area contributed by atoms with E-state index in [1.165, 1.54) is 0 Å². The smallest absolute Gasteiger partial charge is 0.127 e. The first kappa shape index (κ1) is 14.8. The van der Waals surface area contributed by atoms with E-state index in [1.54, 1.807) is 7.11 Å². The van der Waals surface area contributed by atoms with E-state index in [-0.39, 0.29) is 5.92 Å². The molecular weight excluding hydrogens is 306 g/mol. The number of ether oxygens (including phenoxy) is 1. The number of benzene rings is 1. The van der Waals surface area contributed by atoms with Crippen LogP contribution in [0.1, 0.15) is 35.6 Å². The lowest BCUT2D eigenvalue weighted by Crippen LogP contribution is -2.33. The Bertz CT molecular complexity index is 456. The van der Waals surface area contributed by atoms with E-state index in [1.807, 2.05) is 19.9 Å². The van der Waals surface area contributed by atoms with Crippen LogP contribution in [0.4, 0.5) is 0 Å². The summed E-state index contributed by atoms with van der Waals surface area (Å²) in [7, 11) is 1.67. The highest BCUT2D eigenvalue weighted by atomic mass is 79.9. The standard InChI is InChI=1S/C15H22BrNO2/c1-9-7-12(16)10(2)13(15(9)19-3)14(18)11-5-4-6-17-8-11/h7,11,14,17-18H,4-6,8H2,1-3H3. The molecule has 106 valence electrons. The Morgan fingerprint density at radius 1 is 1.47 bits per heavy atom. The van der Waals surface area contributed by atoms with Gasteiger partial charge < -0.3 is 15.2 Å². The highest BCUT2D eigenvalue weighted by Gasteiger charge is 2.28. The summed E-state index contributed by atoms with van der Waals surface area (Å²) < 4.78 is 6.55. The number of aliphatic hydroxyl groups is 1. The molecule has 19 heavy (non-hydrogen) atoms. The molecule has 0 amide bonds. The van der Waals surface area contributed by atoms with Crippen LogP contribution >= 0.6 is 15.9 Å². The fraction of sp³-hybridized carbons (Fsp3) is 0.600. The molecule has 0 aliphatic carbocycles. The van der Waals surface area contributed by atoms with Crippen molar-refractivity contribution in [1.29, 1.82) is 0 Å². The molecule has 3 nitrogen and oxygen atoms in total. The Labute approximate surface area is 123 Å². The number of hydrogen-bond acceptors (Lipinski definition) is 3. The first-order valence-corrected chi connectivity index (χ1v) is 7.58. The molecule has 1 aromatic rings. The van der Waals surface area contributed by atoms with E-state index in [0.717, 1.165) is 52.8 Å². The molecule has 2 unspecified atom stereocenters. The molecule has 1 fully saturated rings. The van der Waals surface area contributed by atoms with Crippen LogP contribution in [0, 0.1) is 19.8 Å². The number of rotatable bonds is 3. The van der Waals surface area contributed by atoms with E-state index in [9.17, 15) is 5.11 Å². The summed E-state index contributed by atoms with van der Waals surface area (Å²) in [6.07, 6.45) is 1.71. The third kappa shape index (κ3) is 2.96. The van der Waals surface area contributed by atoms with Gasteiger partial charge in [-0.05, 0) is 50.4 Å². The average molecular weight is 328 g/mol. The molecule has 0 aromatic heterocycles. The maximum atomic E-state index is 10.7. The fourth-order valence-electron chi connectivity index (χ4n) is 2.89. The molecule has 1 heterocycles. The van der Waals surface area contributed by atoms with Gasteiger partial charge in [-0.15, -0.1) is 0 Å². The molecule has 0 saturated carbocycles. The topological polar surface area (TPSA) is 41.5 Å². The van der Waals surface area contributed by atoms with Crippen LogP contribution in [-0.2, 0) is 0 Å². The zero-order valence-corrected chi connectivity index (χ0v) is 13.4. The van der Waals surface area contributed by atoms with Crippen LogP contribution in [0.25, 0.3) is 0 Å². The number of piperidine rings is 1. The van der Waals surface area contributed by atoms with Crippen LogP contribution in [0.3, 0.4) is 0 Å².